The summed E-state index contributed by atoms with van der Waals surface area (Å²) in [5.41, 5.74) is 10.1. The van der Waals surface area contributed by atoms with Crippen molar-refractivity contribution in [3.05, 3.63) is 227 Å². The molecule has 4 aliphatic heterocycles. The van der Waals surface area contributed by atoms with E-state index in [0.717, 1.165) is 214 Å². The van der Waals surface area contributed by atoms with E-state index in [0.29, 0.717) is 35.7 Å². The van der Waals surface area contributed by atoms with Gasteiger partial charge in [-0.25, -0.2) is 0 Å². The summed E-state index contributed by atoms with van der Waals surface area (Å²) in [6.07, 6.45) is 24.0. The SMILES string of the molecule is C.CC(=O)C(C)(C)CCCCC(c1ccccc1Cl)N1CCc2sccc2C1.CC(=O)C(C)(C)CCCCC(c1ccccc1Cl)N1CCc2sccc2C1.CC(=O)C(C)(C)CCCCCC(c1ccccc1Cl)N1CCc2sccc2C1.CC(=O)C(C)(C)CCCCCC(c1ccccc1Cl)N1CCc2sccc2C1. The van der Waals surface area contributed by atoms with Crippen LogP contribution in [0.4, 0.5) is 0 Å². The normalized spacial score (nSPS) is 15.9. The lowest BCUT2D eigenvalue weighted by molar-refractivity contribution is -0.125. The number of ketones is 4. The fourth-order valence-electron chi connectivity index (χ4n) is 15.9. The molecule has 4 aromatic carbocycles. The fourth-order valence-corrected chi connectivity index (χ4v) is 20.5. The van der Waals surface area contributed by atoms with Gasteiger partial charge >= 0.3 is 0 Å². The number of unbranched alkanes of at least 4 members (excludes halogenated alkanes) is 6. The van der Waals surface area contributed by atoms with E-state index in [-0.39, 0.29) is 40.7 Å². The van der Waals surface area contributed by atoms with Crippen LogP contribution in [0.5, 0.6) is 0 Å². The predicted octanol–water partition coefficient (Wildman–Crippen LogP) is 28.1. The number of halogens is 4. The molecule has 0 spiro atoms. The summed E-state index contributed by atoms with van der Waals surface area (Å²) in [7, 11) is 0. The second-order valence-electron chi connectivity index (χ2n) is 34.0. The number of carbonyl (C=O) groups excluding carboxylic acids is 4. The smallest absolute Gasteiger partial charge is 0.135 e. The van der Waals surface area contributed by atoms with Crippen LogP contribution in [0, 0.1) is 21.7 Å². The zero-order valence-corrected chi connectivity index (χ0v) is 74.2. The van der Waals surface area contributed by atoms with Crippen LogP contribution >= 0.6 is 91.8 Å². The summed E-state index contributed by atoms with van der Waals surface area (Å²) >= 11 is 33.9. The summed E-state index contributed by atoms with van der Waals surface area (Å²) in [4.78, 5) is 63.5. The van der Waals surface area contributed by atoms with E-state index in [1.807, 2.05) is 93.9 Å². The van der Waals surface area contributed by atoms with Gasteiger partial charge in [0.25, 0.3) is 0 Å². The van der Waals surface area contributed by atoms with Crippen molar-refractivity contribution in [3.8, 4) is 0 Å². The summed E-state index contributed by atoms with van der Waals surface area (Å²) < 4.78 is 0. The average Bonchev–Trinajstić information content (AvgIpc) is 1.68. The molecule has 4 aliphatic rings. The van der Waals surface area contributed by atoms with Crippen LogP contribution < -0.4 is 0 Å². The minimum atomic E-state index is -0.212. The highest BCUT2D eigenvalue weighted by molar-refractivity contribution is 7.11. The summed E-state index contributed by atoms with van der Waals surface area (Å²) in [6, 6.07) is 43.7. The van der Waals surface area contributed by atoms with Gasteiger partial charge in [0.2, 0.25) is 0 Å². The number of Topliss-reactive ketones (excluding diaryl/α,β-unsaturated/α-hetero) is 4. The zero-order chi connectivity index (χ0) is 79.2. The maximum atomic E-state index is 11.8. The minimum Gasteiger partial charge on any atom is -0.299 e. The van der Waals surface area contributed by atoms with Crippen LogP contribution in [0.1, 0.15) is 294 Å². The number of benzene rings is 4. The Balaban J connectivity index is 0.000000185. The molecule has 0 radical (unpaired) electrons. The highest BCUT2D eigenvalue weighted by Gasteiger charge is 2.34. The Morgan fingerprint density at radius 3 is 0.721 bits per heavy atom. The average molecular weight is 1660 g/mol. The van der Waals surface area contributed by atoms with Gasteiger partial charge in [0.1, 0.15) is 23.1 Å². The lowest BCUT2D eigenvalue weighted by atomic mass is 9.83. The van der Waals surface area contributed by atoms with E-state index in [9.17, 15) is 19.2 Å². The third-order valence-corrected chi connectivity index (χ3v) is 30.1. The number of thiophene rings is 4. The molecule has 0 saturated carbocycles. The van der Waals surface area contributed by atoms with E-state index in [1.54, 1.807) is 37.4 Å². The number of nitrogens with zero attached hydrogens (tertiary/aromatic N) is 4. The molecule has 0 N–H and O–H groups in total. The van der Waals surface area contributed by atoms with Crippen molar-refractivity contribution >= 4 is 115 Å². The second-order valence-corrected chi connectivity index (χ2v) is 39.6. The van der Waals surface area contributed by atoms with Crippen LogP contribution in [-0.2, 0) is 71.0 Å². The van der Waals surface area contributed by atoms with Gasteiger partial charge in [0, 0.05) is 138 Å². The molecule has 8 heterocycles. The first-order valence-electron chi connectivity index (χ1n) is 40.7. The predicted molar refractivity (Wildman–Crippen MR) is 478 cm³/mol. The van der Waals surface area contributed by atoms with E-state index < -0.39 is 0 Å². The molecule has 0 fully saturated rings. The molecular formula is C95H128Cl4N4O4S4. The monoisotopic (exact) mass is 1660 g/mol. The third-order valence-electron chi connectivity index (χ3n) is 24.6. The van der Waals surface area contributed by atoms with Gasteiger partial charge in [-0.2, -0.15) is 0 Å². The maximum Gasteiger partial charge on any atom is 0.135 e. The van der Waals surface area contributed by atoms with E-state index in [1.165, 1.54) is 54.3 Å². The number of hydrogen-bond acceptors (Lipinski definition) is 12. The van der Waals surface area contributed by atoms with Crippen LogP contribution in [-0.4, -0.2) is 68.9 Å². The minimum absolute atomic E-state index is 0. The zero-order valence-electron chi connectivity index (χ0n) is 67.9. The Kier molecular flexibility index (Phi) is 36.5. The quantitative estimate of drug-likeness (QED) is 0.0369. The molecule has 4 atom stereocenters. The first-order valence-corrected chi connectivity index (χ1v) is 45.8. The molecule has 4 aromatic heterocycles. The Labute approximate surface area is 704 Å². The summed E-state index contributed by atoms with van der Waals surface area (Å²) in [6.45, 7) is 31.7. The molecule has 111 heavy (non-hydrogen) atoms. The van der Waals surface area contributed by atoms with Gasteiger partial charge in [-0.05, 0) is 219 Å². The van der Waals surface area contributed by atoms with Crippen molar-refractivity contribution in [1.82, 2.24) is 19.6 Å². The molecule has 0 amide bonds. The molecule has 0 aliphatic carbocycles. The van der Waals surface area contributed by atoms with E-state index >= 15 is 0 Å². The Morgan fingerprint density at radius 2 is 0.514 bits per heavy atom. The third kappa shape index (κ3) is 26.7. The Hall–Kier alpha value is -4.64. The molecule has 16 heteroatoms. The van der Waals surface area contributed by atoms with Gasteiger partial charge in [0.05, 0.1) is 0 Å². The van der Waals surface area contributed by atoms with Gasteiger partial charge < -0.3 is 0 Å². The molecule has 8 nitrogen and oxygen atoms in total. The highest BCUT2D eigenvalue weighted by atomic mass is 35.5. The number of carbonyl (C=O) groups is 4. The van der Waals surface area contributed by atoms with Crippen LogP contribution in [0.15, 0.2) is 143 Å². The topological polar surface area (TPSA) is 81.2 Å². The Morgan fingerprint density at radius 1 is 0.315 bits per heavy atom. The lowest BCUT2D eigenvalue weighted by Crippen LogP contribution is -2.33. The first kappa shape index (κ1) is 91.9. The van der Waals surface area contributed by atoms with Crippen LogP contribution in [0.25, 0.3) is 0 Å². The maximum absolute atomic E-state index is 11.8. The van der Waals surface area contributed by atoms with Gasteiger partial charge in [-0.1, -0.05) is 246 Å². The number of hydrogen-bond donors (Lipinski definition) is 0. The van der Waals surface area contributed by atoms with E-state index in [2.05, 4.69) is 169 Å². The molecule has 604 valence electrons. The van der Waals surface area contributed by atoms with Crippen LogP contribution in [0.2, 0.25) is 20.1 Å². The highest BCUT2D eigenvalue weighted by Crippen LogP contribution is 2.43. The molecule has 12 rings (SSSR count). The van der Waals surface area contributed by atoms with Crippen molar-refractivity contribution < 1.29 is 19.2 Å². The van der Waals surface area contributed by atoms with Gasteiger partial charge in [-0.3, -0.25) is 38.8 Å². The number of rotatable bonds is 34. The largest absolute Gasteiger partial charge is 0.299 e. The van der Waals surface area contributed by atoms with Gasteiger partial charge in [-0.15, -0.1) is 45.3 Å². The van der Waals surface area contributed by atoms with Crippen molar-refractivity contribution in [2.45, 2.75) is 282 Å². The number of fused-ring (bicyclic) bond motifs is 4. The van der Waals surface area contributed by atoms with Crippen molar-refractivity contribution in [3.63, 3.8) is 0 Å². The molecule has 8 aromatic rings. The Bertz CT molecular complexity index is 3960. The molecule has 0 saturated heterocycles. The van der Waals surface area contributed by atoms with Gasteiger partial charge in [0.15, 0.2) is 0 Å². The van der Waals surface area contributed by atoms with Crippen molar-refractivity contribution in [2.24, 2.45) is 21.7 Å². The van der Waals surface area contributed by atoms with Crippen molar-refractivity contribution in [1.29, 1.82) is 0 Å². The standard InChI is InChI=1S/2C24H32ClNOS.2C23H30ClNOS.CH4/c2*1-18(27)24(2,3)14-8-4-5-11-22(20-9-6-7-10-21(20)25)26-15-12-23-19(17-26)13-16-28-23;2*1-17(26)23(2,3)13-7-6-10-21(19-8-4-5-9-20(19)24)25-14-11-22-18(16-25)12-15-27-22;/h2*6-7,9-10,13,16,22H,4-5,8,11-12,14-15,17H2,1-3H3;2*4-5,8-9,12,15,21H,6-7,10-11,13-14,16H2,1-3H3;1H4. The molecule has 4 unspecified atom stereocenters. The summed E-state index contributed by atoms with van der Waals surface area (Å²) in [5.74, 6) is 1.15. The first-order chi connectivity index (χ1) is 52.5. The molecular weight excluding hydrogens is 1530 g/mol. The van der Waals surface area contributed by atoms with Crippen molar-refractivity contribution in [2.75, 3.05) is 26.2 Å². The van der Waals surface area contributed by atoms with Crippen LogP contribution in [0.3, 0.4) is 0 Å². The fraction of sp³-hybridized carbons (Fsp3) is 0.537. The van der Waals surface area contributed by atoms with E-state index in [4.69, 9.17) is 46.4 Å². The summed E-state index contributed by atoms with van der Waals surface area (Å²) in [5, 5.41) is 12.3. The molecule has 0 bridgehead atoms. The lowest BCUT2D eigenvalue weighted by Gasteiger charge is -2.35. The second kappa shape index (κ2) is 44.1.